The molecule has 3 aromatic heterocycles. The van der Waals surface area contributed by atoms with Crippen LogP contribution in [0.2, 0.25) is 0 Å². The van der Waals surface area contributed by atoms with E-state index < -0.39 is 11.6 Å². The summed E-state index contributed by atoms with van der Waals surface area (Å²) in [5.74, 6) is -0.484. The van der Waals surface area contributed by atoms with Crippen LogP contribution in [0.4, 0.5) is 0 Å². The number of carboxylic acids is 1. The maximum absolute atomic E-state index is 12.6. The van der Waals surface area contributed by atoms with Crippen LogP contribution in [-0.2, 0) is 11.2 Å². The van der Waals surface area contributed by atoms with Crippen LogP contribution in [0.1, 0.15) is 5.56 Å². The Hall–Kier alpha value is -3.80. The van der Waals surface area contributed by atoms with E-state index in [4.69, 9.17) is 13.3 Å². The highest BCUT2D eigenvalue weighted by atomic mass is 16.4. The van der Waals surface area contributed by atoms with Crippen LogP contribution in [0, 0.1) is 0 Å². The fourth-order valence-electron chi connectivity index (χ4n) is 3.38. The lowest BCUT2D eigenvalue weighted by molar-refractivity contribution is -0.136. The maximum atomic E-state index is 12.6. The SMILES string of the molecule is O=C(O)Cc1c(-c2cc3ccccc3o2)oc2c1c(=O)oc1ccccc12. The summed E-state index contributed by atoms with van der Waals surface area (Å²) in [7, 11) is 0. The van der Waals surface area contributed by atoms with E-state index in [2.05, 4.69) is 0 Å². The lowest BCUT2D eigenvalue weighted by Crippen LogP contribution is -2.06. The zero-order chi connectivity index (χ0) is 18.5. The maximum Gasteiger partial charge on any atom is 0.347 e. The van der Waals surface area contributed by atoms with E-state index in [0.29, 0.717) is 27.9 Å². The molecule has 2 aromatic carbocycles. The largest absolute Gasteiger partial charge is 0.481 e. The monoisotopic (exact) mass is 360 g/mol. The Morgan fingerprint density at radius 3 is 2.44 bits per heavy atom. The van der Waals surface area contributed by atoms with Crippen molar-refractivity contribution in [3.63, 3.8) is 0 Å². The van der Waals surface area contributed by atoms with Crippen molar-refractivity contribution in [2.75, 3.05) is 0 Å². The van der Waals surface area contributed by atoms with Crippen molar-refractivity contribution >= 4 is 38.9 Å². The molecule has 0 unspecified atom stereocenters. The average molecular weight is 360 g/mol. The summed E-state index contributed by atoms with van der Waals surface area (Å²) in [4.78, 5) is 24.0. The third-order valence-corrected chi connectivity index (χ3v) is 4.52. The molecular weight excluding hydrogens is 348 g/mol. The predicted octanol–water partition coefficient (Wildman–Crippen LogP) is 4.58. The van der Waals surface area contributed by atoms with Crippen LogP contribution in [0.15, 0.2) is 72.6 Å². The Balaban J connectivity index is 1.90. The van der Waals surface area contributed by atoms with Crippen molar-refractivity contribution < 1.29 is 23.2 Å². The second-order valence-corrected chi connectivity index (χ2v) is 6.22. The van der Waals surface area contributed by atoms with Gasteiger partial charge in [0, 0.05) is 10.9 Å². The number of aliphatic carboxylic acids is 1. The predicted molar refractivity (Wildman–Crippen MR) is 98.8 cm³/mol. The molecule has 0 bridgehead atoms. The molecule has 5 rings (SSSR count). The first-order chi connectivity index (χ1) is 13.1. The van der Waals surface area contributed by atoms with E-state index in [-0.39, 0.29) is 23.1 Å². The zero-order valence-corrected chi connectivity index (χ0v) is 13.9. The quantitative estimate of drug-likeness (QED) is 0.473. The molecule has 6 nitrogen and oxygen atoms in total. The second kappa shape index (κ2) is 5.60. The van der Waals surface area contributed by atoms with Gasteiger partial charge >= 0.3 is 11.6 Å². The molecule has 27 heavy (non-hydrogen) atoms. The molecule has 6 heteroatoms. The van der Waals surface area contributed by atoms with E-state index in [1.54, 1.807) is 30.3 Å². The van der Waals surface area contributed by atoms with Crippen molar-refractivity contribution in [3.05, 3.63) is 70.6 Å². The number of carboxylic acid groups (broad SMARTS) is 1. The van der Waals surface area contributed by atoms with Gasteiger partial charge in [-0.2, -0.15) is 0 Å². The van der Waals surface area contributed by atoms with E-state index in [0.717, 1.165) is 5.39 Å². The standard InChI is InChI=1S/C21H12O6/c22-17(23)10-13-18-20(12-6-2-4-8-15(12)26-21(18)24)27-19(13)16-9-11-5-1-3-7-14(11)25-16/h1-9H,10H2,(H,22,23). The molecule has 0 atom stereocenters. The van der Waals surface area contributed by atoms with Gasteiger partial charge in [-0.3, -0.25) is 4.79 Å². The van der Waals surface area contributed by atoms with Crippen LogP contribution in [-0.4, -0.2) is 11.1 Å². The van der Waals surface area contributed by atoms with Crippen molar-refractivity contribution in [1.82, 2.24) is 0 Å². The number of fused-ring (bicyclic) bond motifs is 4. The molecule has 0 amide bonds. The van der Waals surface area contributed by atoms with Gasteiger partial charge in [0.25, 0.3) is 0 Å². The van der Waals surface area contributed by atoms with Gasteiger partial charge in [0.05, 0.1) is 11.8 Å². The smallest absolute Gasteiger partial charge is 0.347 e. The molecule has 3 heterocycles. The number of hydrogen-bond donors (Lipinski definition) is 1. The number of para-hydroxylation sites is 2. The number of rotatable bonds is 3. The molecule has 1 N–H and O–H groups in total. The van der Waals surface area contributed by atoms with Crippen LogP contribution in [0.5, 0.6) is 0 Å². The van der Waals surface area contributed by atoms with Gasteiger partial charge in [0.2, 0.25) is 0 Å². The van der Waals surface area contributed by atoms with E-state index >= 15 is 0 Å². The first-order valence-corrected chi connectivity index (χ1v) is 8.30. The molecule has 132 valence electrons. The summed E-state index contributed by atoms with van der Waals surface area (Å²) in [6.45, 7) is 0. The Morgan fingerprint density at radius 2 is 1.67 bits per heavy atom. The number of furan rings is 2. The molecule has 0 aliphatic heterocycles. The highest BCUT2D eigenvalue weighted by molar-refractivity contribution is 6.05. The number of hydrogen-bond acceptors (Lipinski definition) is 5. The van der Waals surface area contributed by atoms with Crippen molar-refractivity contribution in [1.29, 1.82) is 0 Å². The Kier molecular flexibility index (Phi) is 3.21. The van der Waals surface area contributed by atoms with Crippen LogP contribution in [0.3, 0.4) is 0 Å². The summed E-state index contributed by atoms with van der Waals surface area (Å²) >= 11 is 0. The Labute approximate surface area is 151 Å². The fraction of sp³-hybridized carbons (Fsp3) is 0.0476. The summed E-state index contributed by atoms with van der Waals surface area (Å²) in [6, 6.07) is 16.1. The average Bonchev–Trinajstić information content (AvgIpc) is 3.23. The van der Waals surface area contributed by atoms with Gasteiger partial charge in [0.1, 0.15) is 16.6 Å². The third kappa shape index (κ3) is 2.34. The van der Waals surface area contributed by atoms with Gasteiger partial charge in [-0.05, 0) is 24.3 Å². The minimum atomic E-state index is -1.08. The van der Waals surface area contributed by atoms with Gasteiger partial charge in [-0.1, -0.05) is 30.3 Å². The highest BCUT2D eigenvalue weighted by Gasteiger charge is 2.25. The van der Waals surface area contributed by atoms with E-state index in [1.165, 1.54) is 0 Å². The van der Waals surface area contributed by atoms with Gasteiger partial charge in [0.15, 0.2) is 17.1 Å². The molecule has 0 radical (unpaired) electrons. The summed E-state index contributed by atoms with van der Waals surface area (Å²) in [6.07, 6.45) is -0.386. The molecule has 0 saturated carbocycles. The first kappa shape index (κ1) is 15.5. The Bertz CT molecular complexity index is 1370. The third-order valence-electron chi connectivity index (χ3n) is 4.52. The topological polar surface area (TPSA) is 93.8 Å². The van der Waals surface area contributed by atoms with Crippen LogP contribution in [0.25, 0.3) is 44.4 Å². The second-order valence-electron chi connectivity index (χ2n) is 6.22. The van der Waals surface area contributed by atoms with Crippen molar-refractivity contribution in [2.45, 2.75) is 6.42 Å². The fourth-order valence-corrected chi connectivity index (χ4v) is 3.38. The molecule has 0 spiro atoms. The normalized spacial score (nSPS) is 11.6. The molecule has 0 fully saturated rings. The molecule has 5 aromatic rings. The van der Waals surface area contributed by atoms with E-state index in [9.17, 15) is 14.7 Å². The number of carbonyl (C=O) groups is 1. The summed E-state index contributed by atoms with van der Waals surface area (Å²) < 4.78 is 17.2. The lowest BCUT2D eigenvalue weighted by Gasteiger charge is -1.97. The molecule has 0 aliphatic carbocycles. The van der Waals surface area contributed by atoms with Gasteiger partial charge in [-0.15, -0.1) is 0 Å². The van der Waals surface area contributed by atoms with E-state index in [1.807, 2.05) is 24.3 Å². The van der Waals surface area contributed by atoms with Crippen LogP contribution < -0.4 is 5.63 Å². The minimum absolute atomic E-state index is 0.131. The van der Waals surface area contributed by atoms with Gasteiger partial charge in [-0.25, -0.2) is 4.79 Å². The number of benzene rings is 2. The minimum Gasteiger partial charge on any atom is -0.481 e. The lowest BCUT2D eigenvalue weighted by atomic mass is 10.1. The summed E-state index contributed by atoms with van der Waals surface area (Å²) in [5, 5.41) is 10.9. The Morgan fingerprint density at radius 1 is 0.926 bits per heavy atom. The zero-order valence-electron chi connectivity index (χ0n) is 13.9. The van der Waals surface area contributed by atoms with Crippen molar-refractivity contribution in [2.24, 2.45) is 0 Å². The van der Waals surface area contributed by atoms with Crippen molar-refractivity contribution in [3.8, 4) is 11.5 Å². The van der Waals surface area contributed by atoms with Crippen LogP contribution >= 0.6 is 0 Å². The highest BCUT2D eigenvalue weighted by Crippen LogP contribution is 2.38. The molecule has 0 aliphatic rings. The summed E-state index contributed by atoms with van der Waals surface area (Å²) in [5.41, 5.74) is 0.934. The molecular formula is C21H12O6. The molecule has 0 saturated heterocycles. The van der Waals surface area contributed by atoms with Gasteiger partial charge < -0.3 is 18.4 Å². The first-order valence-electron chi connectivity index (χ1n) is 8.30.